The van der Waals surface area contributed by atoms with Crippen LogP contribution in [0.2, 0.25) is 0 Å². The fraction of sp³-hybridized carbons (Fsp3) is 0.944. The van der Waals surface area contributed by atoms with Gasteiger partial charge in [-0.15, -0.1) is 0 Å². The minimum atomic E-state index is -0.653. The van der Waals surface area contributed by atoms with Gasteiger partial charge < -0.3 is 20.4 Å². The SMILES string of the molecule is CCCCCCCCCCCCCCCCCC(=O)O.CCCCCCCCCCCCCCCCCC(=O)O.CCCCCCCCCCCCCCCCCC(=O)O.CCCCCCCCCCCCCCCCCC(=O)O.[Fe].[Mn]. The smallest absolute Gasteiger partial charge is 0.303 e. The summed E-state index contributed by atoms with van der Waals surface area (Å²) in [6.45, 7) is 9.08. The first kappa shape index (κ1) is 92.1. The molecule has 0 aliphatic rings. The summed E-state index contributed by atoms with van der Waals surface area (Å²) in [5.41, 5.74) is 0. The standard InChI is InChI=1S/4C18H36O2.Fe.Mn/c4*1-2-3-4-5-6-7-8-9-10-11-12-13-14-15-16-17-18(19)20;;/h4*2-17H2,1H3,(H,19,20);;. The molecule has 10 heteroatoms. The van der Waals surface area contributed by atoms with Crippen LogP contribution in [-0.4, -0.2) is 44.3 Å². The van der Waals surface area contributed by atoms with Crippen molar-refractivity contribution in [3.05, 3.63) is 0 Å². The van der Waals surface area contributed by atoms with Crippen molar-refractivity contribution in [3.63, 3.8) is 0 Å². The summed E-state index contributed by atoms with van der Waals surface area (Å²) < 4.78 is 0. The zero-order valence-electron chi connectivity index (χ0n) is 55.4. The Labute approximate surface area is 533 Å². The van der Waals surface area contributed by atoms with Crippen LogP contribution >= 0.6 is 0 Å². The van der Waals surface area contributed by atoms with E-state index in [2.05, 4.69) is 27.7 Å². The zero-order valence-corrected chi connectivity index (χ0v) is 57.7. The molecule has 4 N–H and O–H groups in total. The number of carboxylic acids is 4. The maximum Gasteiger partial charge on any atom is 0.303 e. The van der Waals surface area contributed by atoms with Gasteiger partial charge in [-0.25, -0.2) is 0 Å². The molecule has 0 aromatic heterocycles. The first-order valence-electron chi connectivity index (χ1n) is 36.0. The molecule has 0 amide bonds. The number of carboxylic acid groups (broad SMARTS) is 4. The monoisotopic (exact) mass is 1250 g/mol. The van der Waals surface area contributed by atoms with Crippen molar-refractivity contribution in [1.29, 1.82) is 0 Å². The second kappa shape index (κ2) is 88.7. The Kier molecular flexibility index (Phi) is 99.6. The van der Waals surface area contributed by atoms with Crippen molar-refractivity contribution in [2.24, 2.45) is 0 Å². The maximum absolute atomic E-state index is 10.3. The zero-order chi connectivity index (χ0) is 59.6. The van der Waals surface area contributed by atoms with Crippen LogP contribution in [0.3, 0.4) is 0 Å². The third-order valence-corrected chi connectivity index (χ3v) is 16.0. The topological polar surface area (TPSA) is 149 Å². The molecule has 0 rings (SSSR count). The fourth-order valence-electron chi connectivity index (χ4n) is 10.6. The van der Waals surface area contributed by atoms with E-state index in [1.165, 1.54) is 334 Å². The summed E-state index contributed by atoms with van der Waals surface area (Å²) in [4.78, 5) is 41.3. The van der Waals surface area contributed by atoms with E-state index in [0.29, 0.717) is 25.7 Å². The molecule has 0 saturated heterocycles. The Bertz CT molecular complexity index is 998. The first-order valence-corrected chi connectivity index (χ1v) is 36.0. The third kappa shape index (κ3) is 107. The summed E-state index contributed by atoms with van der Waals surface area (Å²) in [6.07, 6.45) is 80.8. The Morgan fingerprint density at radius 1 is 0.171 bits per heavy atom. The van der Waals surface area contributed by atoms with Gasteiger partial charge in [-0.3, -0.25) is 19.2 Å². The fourth-order valence-corrected chi connectivity index (χ4v) is 10.6. The van der Waals surface area contributed by atoms with E-state index in [-0.39, 0.29) is 34.1 Å². The normalized spacial score (nSPS) is 10.6. The minimum absolute atomic E-state index is 0. The number of hydrogen-bond acceptors (Lipinski definition) is 4. The molecule has 0 bridgehead atoms. The molecule has 0 aliphatic heterocycles. The average molecular weight is 1250 g/mol. The molecular formula is C72H144FeMnO8. The molecule has 1 radical (unpaired) electrons. The number of unbranched alkanes of at least 4 members (excludes halogenated alkanes) is 56. The van der Waals surface area contributed by atoms with Gasteiger partial charge in [0.05, 0.1) is 0 Å². The molecule has 0 aliphatic carbocycles. The predicted octanol–water partition coefficient (Wildman–Crippen LogP) is 25.3. The van der Waals surface area contributed by atoms with Gasteiger partial charge in [0, 0.05) is 59.8 Å². The molecule has 0 saturated carbocycles. The molecule has 0 heterocycles. The van der Waals surface area contributed by atoms with Gasteiger partial charge in [0.15, 0.2) is 0 Å². The third-order valence-electron chi connectivity index (χ3n) is 16.0. The van der Waals surface area contributed by atoms with Crippen LogP contribution < -0.4 is 0 Å². The van der Waals surface area contributed by atoms with Gasteiger partial charge >= 0.3 is 23.9 Å². The summed E-state index contributed by atoms with van der Waals surface area (Å²) >= 11 is 0. The van der Waals surface area contributed by atoms with Crippen LogP contribution in [-0.2, 0) is 53.3 Å². The Hall–Kier alpha value is -1.08. The molecule has 0 aromatic carbocycles. The van der Waals surface area contributed by atoms with Crippen molar-refractivity contribution < 1.29 is 73.7 Å². The molecule has 0 spiro atoms. The van der Waals surface area contributed by atoms with Crippen molar-refractivity contribution in [1.82, 2.24) is 0 Å². The number of hydrogen-bond donors (Lipinski definition) is 4. The number of carbonyl (C=O) groups is 4. The Balaban J connectivity index is -0.000000233. The van der Waals surface area contributed by atoms with Crippen molar-refractivity contribution in [2.45, 2.75) is 439 Å². The van der Waals surface area contributed by atoms with E-state index >= 15 is 0 Å². The largest absolute Gasteiger partial charge is 0.481 e. The summed E-state index contributed by atoms with van der Waals surface area (Å²) in [7, 11) is 0. The van der Waals surface area contributed by atoms with E-state index < -0.39 is 23.9 Å². The molecule has 0 unspecified atom stereocenters. The molecule has 8 nitrogen and oxygen atoms in total. The summed E-state index contributed by atoms with van der Waals surface area (Å²) in [5.74, 6) is -2.61. The van der Waals surface area contributed by atoms with Gasteiger partial charge in [-0.05, 0) is 25.7 Å². The van der Waals surface area contributed by atoms with Gasteiger partial charge in [-0.2, -0.15) is 0 Å². The van der Waals surface area contributed by atoms with Gasteiger partial charge in [-0.1, -0.05) is 387 Å². The molecule has 0 fully saturated rings. The van der Waals surface area contributed by atoms with Gasteiger partial charge in [0.1, 0.15) is 0 Å². The van der Waals surface area contributed by atoms with Crippen LogP contribution in [0.5, 0.6) is 0 Å². The average Bonchev–Trinajstić information content (AvgIpc) is 3.43. The summed E-state index contributed by atoms with van der Waals surface area (Å²) in [5, 5.41) is 34.1. The van der Waals surface area contributed by atoms with Crippen molar-refractivity contribution in [2.75, 3.05) is 0 Å². The van der Waals surface area contributed by atoms with Crippen molar-refractivity contribution in [3.8, 4) is 0 Å². The number of aliphatic carboxylic acids is 4. The van der Waals surface area contributed by atoms with E-state index in [1.54, 1.807) is 0 Å². The molecule has 0 aromatic rings. The second-order valence-electron chi connectivity index (χ2n) is 24.4. The molecule has 495 valence electrons. The first-order chi connectivity index (χ1) is 39.1. The van der Waals surface area contributed by atoms with Crippen molar-refractivity contribution >= 4 is 23.9 Å². The van der Waals surface area contributed by atoms with Gasteiger partial charge in [0.2, 0.25) is 0 Å². The molecule has 0 atom stereocenters. The van der Waals surface area contributed by atoms with E-state index in [4.69, 9.17) is 20.4 Å². The number of rotatable bonds is 64. The predicted molar refractivity (Wildman–Crippen MR) is 349 cm³/mol. The Morgan fingerprint density at radius 3 is 0.317 bits per heavy atom. The molecule has 82 heavy (non-hydrogen) atoms. The second-order valence-corrected chi connectivity index (χ2v) is 24.4. The van der Waals surface area contributed by atoms with E-state index in [1.807, 2.05) is 0 Å². The van der Waals surface area contributed by atoms with Gasteiger partial charge in [0.25, 0.3) is 0 Å². The maximum atomic E-state index is 10.3. The molecular weight excluding hydrogens is 1100 g/mol. The Morgan fingerprint density at radius 2 is 0.244 bits per heavy atom. The van der Waals surface area contributed by atoms with Crippen LogP contribution in [0.25, 0.3) is 0 Å². The van der Waals surface area contributed by atoms with Crippen LogP contribution in [0.1, 0.15) is 439 Å². The van der Waals surface area contributed by atoms with E-state index in [0.717, 1.165) is 51.4 Å². The van der Waals surface area contributed by atoms with Crippen LogP contribution in [0, 0.1) is 0 Å². The van der Waals surface area contributed by atoms with Crippen LogP contribution in [0.4, 0.5) is 0 Å². The van der Waals surface area contributed by atoms with Crippen LogP contribution in [0.15, 0.2) is 0 Å². The summed E-state index contributed by atoms with van der Waals surface area (Å²) in [6, 6.07) is 0. The minimum Gasteiger partial charge on any atom is -0.481 e. The quantitative estimate of drug-likeness (QED) is 0.0347. The van der Waals surface area contributed by atoms with E-state index in [9.17, 15) is 19.2 Å².